The third-order valence-electron chi connectivity index (χ3n) is 1.83. The van der Waals surface area contributed by atoms with Crippen molar-refractivity contribution in [3.05, 3.63) is 17.3 Å². The molecule has 1 rings (SSSR count). The van der Waals surface area contributed by atoms with Gasteiger partial charge in [0, 0.05) is 12.8 Å². The highest BCUT2D eigenvalue weighted by molar-refractivity contribution is 5.10. The van der Waals surface area contributed by atoms with Gasteiger partial charge in [-0.3, -0.25) is 0 Å². The molecule has 0 aliphatic carbocycles. The van der Waals surface area contributed by atoms with Gasteiger partial charge in [-0.15, -0.1) is 0 Å². The third-order valence-corrected chi connectivity index (χ3v) is 1.83. The van der Waals surface area contributed by atoms with E-state index in [1.54, 1.807) is 0 Å². The van der Waals surface area contributed by atoms with E-state index >= 15 is 0 Å². The minimum absolute atomic E-state index is 0.630. The zero-order valence-electron chi connectivity index (χ0n) is 7.76. The first-order chi connectivity index (χ1) is 5.81. The second-order valence-electron chi connectivity index (χ2n) is 2.72. The Kier molecular flexibility index (Phi) is 3.29. The van der Waals surface area contributed by atoms with E-state index in [4.69, 9.17) is 10.2 Å². The van der Waals surface area contributed by atoms with E-state index in [2.05, 4.69) is 11.9 Å². The molecule has 12 heavy (non-hydrogen) atoms. The molecule has 1 aromatic heterocycles. The van der Waals surface area contributed by atoms with Gasteiger partial charge in [-0.25, -0.2) is 4.98 Å². The predicted molar refractivity (Wildman–Crippen MR) is 48.0 cm³/mol. The van der Waals surface area contributed by atoms with Crippen LogP contribution in [0.15, 0.2) is 4.42 Å². The summed E-state index contributed by atoms with van der Waals surface area (Å²) in [6, 6.07) is 0. The van der Waals surface area contributed by atoms with Crippen molar-refractivity contribution in [2.24, 2.45) is 5.73 Å². The zero-order valence-corrected chi connectivity index (χ0v) is 7.76. The van der Waals surface area contributed by atoms with Crippen molar-refractivity contribution < 1.29 is 4.42 Å². The van der Waals surface area contributed by atoms with Crippen LogP contribution in [-0.2, 0) is 19.3 Å². The Hall–Kier alpha value is -0.830. The Morgan fingerprint density at radius 1 is 1.33 bits per heavy atom. The van der Waals surface area contributed by atoms with E-state index in [-0.39, 0.29) is 0 Å². The number of nitrogens with two attached hydrogens (primary N) is 1. The first-order valence-corrected chi connectivity index (χ1v) is 4.49. The molecule has 0 aliphatic heterocycles. The van der Waals surface area contributed by atoms with Crippen LogP contribution in [0.25, 0.3) is 0 Å². The van der Waals surface area contributed by atoms with Gasteiger partial charge in [-0.05, 0) is 13.0 Å². The van der Waals surface area contributed by atoms with Gasteiger partial charge in [0.15, 0.2) is 5.89 Å². The Morgan fingerprint density at radius 2 is 2.08 bits per heavy atom. The molecule has 68 valence electrons. The van der Waals surface area contributed by atoms with E-state index in [1.165, 1.54) is 0 Å². The van der Waals surface area contributed by atoms with Crippen LogP contribution in [0.3, 0.4) is 0 Å². The largest absolute Gasteiger partial charge is 0.445 e. The van der Waals surface area contributed by atoms with Crippen molar-refractivity contribution in [2.75, 3.05) is 6.54 Å². The molecule has 0 bridgehead atoms. The predicted octanol–water partition coefficient (Wildman–Crippen LogP) is 1.30. The van der Waals surface area contributed by atoms with E-state index in [9.17, 15) is 0 Å². The zero-order chi connectivity index (χ0) is 8.97. The van der Waals surface area contributed by atoms with E-state index in [1.807, 2.05) is 6.92 Å². The maximum Gasteiger partial charge on any atom is 0.194 e. The fourth-order valence-corrected chi connectivity index (χ4v) is 1.19. The molecule has 0 atom stereocenters. The van der Waals surface area contributed by atoms with Crippen LogP contribution in [-0.4, -0.2) is 11.5 Å². The molecular formula is C9H16N2O. The summed E-state index contributed by atoms with van der Waals surface area (Å²) in [7, 11) is 0. The summed E-state index contributed by atoms with van der Waals surface area (Å²) < 4.78 is 5.50. The SMILES string of the molecule is CCc1nc(CC)c(CCN)o1. The minimum atomic E-state index is 0.630. The van der Waals surface area contributed by atoms with Crippen LogP contribution in [0.1, 0.15) is 31.2 Å². The van der Waals surface area contributed by atoms with Crippen molar-refractivity contribution in [1.82, 2.24) is 4.98 Å². The lowest BCUT2D eigenvalue weighted by Gasteiger charge is -1.93. The molecule has 3 heteroatoms. The summed E-state index contributed by atoms with van der Waals surface area (Å²) in [6.07, 6.45) is 2.59. The number of nitrogens with zero attached hydrogens (tertiary/aromatic N) is 1. The Morgan fingerprint density at radius 3 is 2.58 bits per heavy atom. The highest BCUT2D eigenvalue weighted by atomic mass is 16.4. The quantitative estimate of drug-likeness (QED) is 0.737. The molecule has 0 spiro atoms. The first kappa shape index (κ1) is 9.26. The highest BCUT2D eigenvalue weighted by Gasteiger charge is 2.08. The van der Waals surface area contributed by atoms with Crippen LogP contribution in [0.2, 0.25) is 0 Å². The summed E-state index contributed by atoms with van der Waals surface area (Å²) in [5, 5.41) is 0. The molecule has 0 amide bonds. The Labute approximate surface area is 73.0 Å². The van der Waals surface area contributed by atoms with Crippen LogP contribution >= 0.6 is 0 Å². The van der Waals surface area contributed by atoms with Crippen LogP contribution < -0.4 is 5.73 Å². The average molecular weight is 168 g/mol. The molecule has 0 radical (unpaired) electrons. The molecule has 1 heterocycles. The van der Waals surface area contributed by atoms with E-state index < -0.39 is 0 Å². The molecule has 0 aromatic carbocycles. The lowest BCUT2D eigenvalue weighted by molar-refractivity contribution is 0.459. The Balaban J connectivity index is 2.84. The normalized spacial score (nSPS) is 10.6. The number of rotatable bonds is 4. The Bertz CT molecular complexity index is 243. The molecular weight excluding hydrogens is 152 g/mol. The molecule has 0 saturated carbocycles. The first-order valence-electron chi connectivity index (χ1n) is 4.49. The van der Waals surface area contributed by atoms with Gasteiger partial charge in [0.1, 0.15) is 5.76 Å². The van der Waals surface area contributed by atoms with Gasteiger partial charge in [0.2, 0.25) is 0 Å². The van der Waals surface area contributed by atoms with Crippen molar-refractivity contribution >= 4 is 0 Å². The maximum atomic E-state index is 5.50. The average Bonchev–Trinajstić information content (AvgIpc) is 2.48. The third kappa shape index (κ3) is 1.85. The number of aromatic nitrogens is 1. The van der Waals surface area contributed by atoms with Gasteiger partial charge in [-0.1, -0.05) is 13.8 Å². The van der Waals surface area contributed by atoms with Crippen LogP contribution in [0.5, 0.6) is 0 Å². The second-order valence-corrected chi connectivity index (χ2v) is 2.72. The molecule has 0 fully saturated rings. The van der Waals surface area contributed by atoms with Crippen molar-refractivity contribution in [3.8, 4) is 0 Å². The van der Waals surface area contributed by atoms with Crippen molar-refractivity contribution in [2.45, 2.75) is 33.1 Å². The fraction of sp³-hybridized carbons (Fsp3) is 0.667. The number of oxazole rings is 1. The van der Waals surface area contributed by atoms with E-state index in [0.29, 0.717) is 6.54 Å². The number of aryl methyl sites for hydroxylation is 2. The summed E-state index contributed by atoms with van der Waals surface area (Å²) >= 11 is 0. The lowest BCUT2D eigenvalue weighted by atomic mass is 10.2. The summed E-state index contributed by atoms with van der Waals surface area (Å²) in [5.74, 6) is 1.80. The molecule has 1 aromatic rings. The smallest absolute Gasteiger partial charge is 0.194 e. The maximum absolute atomic E-state index is 5.50. The summed E-state index contributed by atoms with van der Waals surface area (Å²) in [6.45, 7) is 4.75. The lowest BCUT2D eigenvalue weighted by Crippen LogP contribution is -2.03. The van der Waals surface area contributed by atoms with Crippen LogP contribution in [0.4, 0.5) is 0 Å². The van der Waals surface area contributed by atoms with Gasteiger partial charge in [-0.2, -0.15) is 0 Å². The molecule has 2 N–H and O–H groups in total. The van der Waals surface area contributed by atoms with Gasteiger partial charge >= 0.3 is 0 Å². The minimum Gasteiger partial charge on any atom is -0.445 e. The van der Waals surface area contributed by atoms with Gasteiger partial charge < -0.3 is 10.2 Å². The summed E-state index contributed by atoms with van der Waals surface area (Å²) in [5.41, 5.74) is 6.51. The van der Waals surface area contributed by atoms with Crippen molar-refractivity contribution in [3.63, 3.8) is 0 Å². The standard InChI is InChI=1S/C9H16N2O/c1-3-7-8(5-6-10)12-9(4-2)11-7/h3-6,10H2,1-2H3. The number of hydrogen-bond donors (Lipinski definition) is 1. The molecule has 0 unspecified atom stereocenters. The van der Waals surface area contributed by atoms with Crippen LogP contribution in [0, 0.1) is 0 Å². The fourth-order valence-electron chi connectivity index (χ4n) is 1.19. The highest BCUT2D eigenvalue weighted by Crippen LogP contribution is 2.12. The number of hydrogen-bond acceptors (Lipinski definition) is 3. The molecule has 3 nitrogen and oxygen atoms in total. The van der Waals surface area contributed by atoms with Gasteiger partial charge in [0.05, 0.1) is 5.69 Å². The topological polar surface area (TPSA) is 52.0 Å². The molecule has 0 saturated heterocycles. The second kappa shape index (κ2) is 4.26. The summed E-state index contributed by atoms with van der Waals surface area (Å²) in [4.78, 5) is 4.34. The molecule has 0 aliphatic rings. The van der Waals surface area contributed by atoms with E-state index in [0.717, 1.165) is 36.6 Å². The van der Waals surface area contributed by atoms with Gasteiger partial charge in [0.25, 0.3) is 0 Å². The van der Waals surface area contributed by atoms with Crippen molar-refractivity contribution in [1.29, 1.82) is 0 Å². The monoisotopic (exact) mass is 168 g/mol.